The highest BCUT2D eigenvalue weighted by atomic mass is 16.5. The number of hydrogen-bond donors (Lipinski definition) is 2. The van der Waals surface area contributed by atoms with Gasteiger partial charge in [0.1, 0.15) is 11.6 Å². The van der Waals surface area contributed by atoms with Crippen molar-refractivity contribution in [1.29, 1.82) is 0 Å². The van der Waals surface area contributed by atoms with E-state index >= 15 is 0 Å². The number of fused-ring (bicyclic) bond motifs is 3. The Morgan fingerprint density at radius 2 is 2.04 bits per heavy atom. The first kappa shape index (κ1) is 14.5. The van der Waals surface area contributed by atoms with Gasteiger partial charge in [-0.15, -0.1) is 0 Å². The Kier molecular flexibility index (Phi) is 3.15. The first-order chi connectivity index (χ1) is 11.0. The topological polar surface area (TPSA) is 87.0 Å². The maximum absolute atomic E-state index is 6.17. The summed E-state index contributed by atoms with van der Waals surface area (Å²) in [4.78, 5) is 8.31. The third-order valence-corrected chi connectivity index (χ3v) is 6.18. The van der Waals surface area contributed by atoms with Gasteiger partial charge >= 0.3 is 0 Å². The van der Waals surface area contributed by atoms with Crippen LogP contribution in [0.2, 0.25) is 0 Å². The fourth-order valence-electron chi connectivity index (χ4n) is 4.68. The molecule has 3 aliphatic rings. The molecule has 1 aromatic carbocycles. The first-order valence-corrected chi connectivity index (χ1v) is 8.41. The largest absolute Gasteiger partial charge is 0.492 e. The molecule has 1 heterocycles. The summed E-state index contributed by atoms with van der Waals surface area (Å²) >= 11 is 0. The average molecular weight is 312 g/mol. The molecular formula is C18H24N4O. The molecule has 122 valence electrons. The smallest absolute Gasteiger partial charge is 0.222 e. The van der Waals surface area contributed by atoms with Gasteiger partial charge in [-0.3, -0.25) is 0 Å². The molecule has 1 unspecified atom stereocenters. The van der Waals surface area contributed by atoms with Gasteiger partial charge in [0.25, 0.3) is 0 Å². The van der Waals surface area contributed by atoms with E-state index in [4.69, 9.17) is 16.2 Å². The molecule has 3 atom stereocenters. The second-order valence-corrected chi connectivity index (χ2v) is 7.63. The van der Waals surface area contributed by atoms with Crippen molar-refractivity contribution in [3.63, 3.8) is 0 Å². The average Bonchev–Trinajstić information content (AvgIpc) is 2.52. The summed E-state index contributed by atoms with van der Waals surface area (Å²) in [7, 11) is 0. The van der Waals surface area contributed by atoms with Gasteiger partial charge in [-0.05, 0) is 54.6 Å². The molecule has 5 rings (SSSR count). The van der Waals surface area contributed by atoms with E-state index in [0.29, 0.717) is 17.2 Å². The van der Waals surface area contributed by atoms with Gasteiger partial charge < -0.3 is 16.2 Å². The number of benzene rings is 1. The molecule has 4 N–H and O–H groups in total. The molecule has 3 saturated carbocycles. The zero-order chi connectivity index (χ0) is 16.2. The molecule has 23 heavy (non-hydrogen) atoms. The summed E-state index contributed by atoms with van der Waals surface area (Å²) in [5.41, 5.74) is 12.9. The first-order valence-electron chi connectivity index (χ1n) is 8.41. The summed E-state index contributed by atoms with van der Waals surface area (Å²) in [6.07, 6.45) is 3.95. The van der Waals surface area contributed by atoms with Crippen molar-refractivity contribution < 1.29 is 4.74 Å². The van der Waals surface area contributed by atoms with Crippen molar-refractivity contribution in [3.8, 4) is 5.75 Å². The highest BCUT2D eigenvalue weighted by Gasteiger charge is 2.54. The zero-order valence-corrected chi connectivity index (χ0v) is 13.7. The molecule has 5 heteroatoms. The fraction of sp³-hybridized carbons (Fsp3) is 0.556. The maximum atomic E-state index is 6.17. The standard InChI is InChI=1S/C18H24N4O/c1-18(2)11-7-6-10(12(18)8-11)9-23-14-5-3-4-13-15(14)16(19)22-17(20)21-13/h3-5,10-12H,6-9H2,1-2H3,(H4,19,20,21,22)/t10-,11-,12?/m0/s1. The van der Waals surface area contributed by atoms with Gasteiger partial charge in [0.2, 0.25) is 5.95 Å². The van der Waals surface area contributed by atoms with E-state index in [1.165, 1.54) is 19.3 Å². The highest BCUT2D eigenvalue weighted by Crippen LogP contribution is 2.61. The Morgan fingerprint density at radius 1 is 1.22 bits per heavy atom. The van der Waals surface area contributed by atoms with Gasteiger partial charge in [-0.1, -0.05) is 19.9 Å². The van der Waals surface area contributed by atoms with Gasteiger partial charge in [0, 0.05) is 0 Å². The third kappa shape index (κ3) is 2.21. The van der Waals surface area contributed by atoms with Crippen LogP contribution >= 0.6 is 0 Å². The molecule has 2 aromatic rings. The summed E-state index contributed by atoms with van der Waals surface area (Å²) in [6, 6.07) is 5.75. The van der Waals surface area contributed by atoms with Crippen molar-refractivity contribution in [3.05, 3.63) is 18.2 Å². The van der Waals surface area contributed by atoms with Crippen LogP contribution in [-0.2, 0) is 0 Å². The third-order valence-electron chi connectivity index (χ3n) is 6.18. The lowest BCUT2D eigenvalue weighted by molar-refractivity contribution is -0.114. The molecule has 1 aromatic heterocycles. The van der Waals surface area contributed by atoms with E-state index in [9.17, 15) is 0 Å². The highest BCUT2D eigenvalue weighted by molar-refractivity contribution is 5.94. The molecule has 3 fully saturated rings. The Hall–Kier alpha value is -2.04. The van der Waals surface area contributed by atoms with Crippen molar-refractivity contribution in [2.45, 2.75) is 33.1 Å². The van der Waals surface area contributed by atoms with Crippen LogP contribution in [0.4, 0.5) is 11.8 Å². The Labute approximate surface area is 136 Å². The van der Waals surface area contributed by atoms with E-state index in [1.54, 1.807) is 0 Å². The van der Waals surface area contributed by atoms with Gasteiger partial charge in [0.05, 0.1) is 17.5 Å². The second kappa shape index (κ2) is 4.98. The van der Waals surface area contributed by atoms with E-state index in [-0.39, 0.29) is 5.95 Å². The predicted molar refractivity (Wildman–Crippen MR) is 92.0 cm³/mol. The van der Waals surface area contributed by atoms with Crippen molar-refractivity contribution in [1.82, 2.24) is 9.97 Å². The second-order valence-electron chi connectivity index (χ2n) is 7.63. The SMILES string of the molecule is CC1(C)C2C[C@@H]1CC[C@H]2COc1cccc2nc(N)nc(N)c12. The van der Waals surface area contributed by atoms with Crippen molar-refractivity contribution >= 4 is 22.7 Å². The number of nitrogen functional groups attached to an aromatic ring is 2. The molecular weight excluding hydrogens is 288 g/mol. The van der Waals surface area contributed by atoms with Crippen LogP contribution in [0.5, 0.6) is 5.75 Å². The minimum atomic E-state index is 0.196. The number of rotatable bonds is 3. The Morgan fingerprint density at radius 3 is 2.78 bits per heavy atom. The molecule has 2 bridgehead atoms. The van der Waals surface area contributed by atoms with E-state index in [0.717, 1.165) is 35.1 Å². The zero-order valence-electron chi connectivity index (χ0n) is 13.7. The fourth-order valence-corrected chi connectivity index (χ4v) is 4.68. The van der Waals surface area contributed by atoms with E-state index in [2.05, 4.69) is 23.8 Å². The Balaban J connectivity index is 1.57. The number of ether oxygens (including phenoxy) is 1. The Bertz CT molecular complexity index is 756. The van der Waals surface area contributed by atoms with Crippen molar-refractivity contribution in [2.75, 3.05) is 18.1 Å². The minimum absolute atomic E-state index is 0.196. The lowest BCUT2D eigenvalue weighted by atomic mass is 9.46. The summed E-state index contributed by atoms with van der Waals surface area (Å²) in [6.45, 7) is 5.55. The molecule has 0 amide bonds. The number of nitrogens with zero attached hydrogens (tertiary/aromatic N) is 2. The normalized spacial score (nSPS) is 28.3. The van der Waals surface area contributed by atoms with E-state index in [1.807, 2.05) is 18.2 Å². The lowest BCUT2D eigenvalue weighted by Gasteiger charge is -2.60. The van der Waals surface area contributed by atoms with Crippen LogP contribution in [0, 0.1) is 23.2 Å². The quantitative estimate of drug-likeness (QED) is 0.908. The number of nitrogens with two attached hydrogens (primary N) is 2. The summed E-state index contributed by atoms with van der Waals surface area (Å²) < 4.78 is 6.17. The monoisotopic (exact) mass is 312 g/mol. The van der Waals surface area contributed by atoms with Crippen LogP contribution in [0.25, 0.3) is 10.9 Å². The molecule has 0 aliphatic heterocycles. The van der Waals surface area contributed by atoms with Crippen LogP contribution in [0.3, 0.4) is 0 Å². The van der Waals surface area contributed by atoms with Crippen LogP contribution in [0.15, 0.2) is 18.2 Å². The van der Waals surface area contributed by atoms with E-state index < -0.39 is 0 Å². The van der Waals surface area contributed by atoms with Crippen LogP contribution in [0.1, 0.15) is 33.1 Å². The van der Waals surface area contributed by atoms with Gasteiger partial charge in [-0.25, -0.2) is 4.98 Å². The number of anilines is 2. The number of aromatic nitrogens is 2. The van der Waals surface area contributed by atoms with Gasteiger partial charge in [0.15, 0.2) is 0 Å². The molecule has 0 saturated heterocycles. The van der Waals surface area contributed by atoms with Gasteiger partial charge in [-0.2, -0.15) is 4.98 Å². The minimum Gasteiger partial charge on any atom is -0.492 e. The number of hydrogen-bond acceptors (Lipinski definition) is 5. The summed E-state index contributed by atoms with van der Waals surface area (Å²) in [5, 5.41) is 0.767. The van der Waals surface area contributed by atoms with Crippen LogP contribution < -0.4 is 16.2 Å². The van der Waals surface area contributed by atoms with Crippen LogP contribution in [-0.4, -0.2) is 16.6 Å². The predicted octanol–water partition coefficient (Wildman–Crippen LogP) is 3.25. The molecule has 3 aliphatic carbocycles. The molecule has 0 spiro atoms. The maximum Gasteiger partial charge on any atom is 0.222 e. The molecule has 0 radical (unpaired) electrons. The molecule has 5 nitrogen and oxygen atoms in total. The lowest BCUT2D eigenvalue weighted by Crippen LogP contribution is -2.53. The van der Waals surface area contributed by atoms with Crippen molar-refractivity contribution in [2.24, 2.45) is 23.2 Å². The summed E-state index contributed by atoms with van der Waals surface area (Å²) in [5.74, 6) is 3.66.